The molecule has 2 rings (SSSR count). The van der Waals surface area contributed by atoms with Gasteiger partial charge in [0.25, 0.3) is 0 Å². The van der Waals surface area contributed by atoms with Crippen LogP contribution in [0.2, 0.25) is 0 Å². The molecule has 0 aliphatic carbocycles. The maximum Gasteiger partial charge on any atom is 0.415 e. The fraction of sp³-hybridized carbons (Fsp3) is 0.500. The van der Waals surface area contributed by atoms with Crippen molar-refractivity contribution in [2.45, 2.75) is 19.3 Å². The molecule has 1 aliphatic heterocycles. The number of anilines is 1. The Kier molecular flexibility index (Phi) is 4.07. The average Bonchev–Trinajstić information content (AvgIpc) is 2.40. The first-order valence-electron chi connectivity index (χ1n) is 6.41. The lowest BCUT2D eigenvalue weighted by Gasteiger charge is -2.25. The normalized spacial score (nSPS) is 15.3. The van der Waals surface area contributed by atoms with Gasteiger partial charge in [-0.05, 0) is 31.4 Å². The van der Waals surface area contributed by atoms with E-state index in [9.17, 15) is 4.79 Å². The molecule has 98 valence electrons. The van der Waals surface area contributed by atoms with E-state index >= 15 is 0 Å². The van der Waals surface area contributed by atoms with E-state index in [2.05, 4.69) is 0 Å². The van der Waals surface area contributed by atoms with E-state index in [4.69, 9.17) is 4.74 Å². The molecule has 1 saturated heterocycles. The summed E-state index contributed by atoms with van der Waals surface area (Å²) in [6.45, 7) is 1.62. The Morgan fingerprint density at radius 1 is 1.22 bits per heavy atom. The number of piperidine rings is 1. The maximum atomic E-state index is 11.9. The molecule has 0 saturated carbocycles. The number of carbonyl (C=O) groups is 1. The van der Waals surface area contributed by atoms with Crippen LogP contribution in [0, 0.1) is 0 Å². The number of rotatable bonds is 2. The third-order valence-corrected chi connectivity index (χ3v) is 3.15. The van der Waals surface area contributed by atoms with E-state index in [-0.39, 0.29) is 6.09 Å². The van der Waals surface area contributed by atoms with Gasteiger partial charge in [0, 0.05) is 38.9 Å². The predicted octanol–water partition coefficient (Wildman–Crippen LogP) is 2.74. The molecule has 1 aromatic rings. The molecule has 0 bridgehead atoms. The second kappa shape index (κ2) is 5.76. The highest BCUT2D eigenvalue weighted by molar-refractivity contribution is 5.71. The molecule has 1 aliphatic rings. The number of ether oxygens (including phenoxy) is 1. The minimum absolute atomic E-state index is 0.231. The molecule has 4 nitrogen and oxygen atoms in total. The van der Waals surface area contributed by atoms with Crippen LogP contribution in [0.3, 0.4) is 0 Å². The molecular weight excluding hydrogens is 228 g/mol. The Hall–Kier alpha value is -1.71. The zero-order chi connectivity index (χ0) is 13.0. The molecule has 0 aromatic heterocycles. The SMILES string of the molecule is CN(C)c1cccc(OC(=O)N2CCCCC2)c1. The molecule has 1 aromatic carbocycles. The molecule has 0 radical (unpaired) electrons. The van der Waals surface area contributed by atoms with Gasteiger partial charge in [0.15, 0.2) is 0 Å². The molecule has 0 spiro atoms. The average molecular weight is 248 g/mol. The summed E-state index contributed by atoms with van der Waals surface area (Å²) in [6, 6.07) is 7.57. The standard InChI is InChI=1S/C14H20N2O2/c1-15(2)12-7-6-8-13(11-12)18-14(17)16-9-4-3-5-10-16/h6-8,11H,3-5,9-10H2,1-2H3. The second-order valence-corrected chi connectivity index (χ2v) is 4.81. The smallest absolute Gasteiger partial charge is 0.410 e. The van der Waals surface area contributed by atoms with E-state index in [1.54, 1.807) is 4.90 Å². The van der Waals surface area contributed by atoms with E-state index in [1.165, 1.54) is 6.42 Å². The van der Waals surface area contributed by atoms with Gasteiger partial charge in [-0.25, -0.2) is 4.79 Å². The summed E-state index contributed by atoms with van der Waals surface area (Å²) in [5.41, 5.74) is 1.03. The van der Waals surface area contributed by atoms with E-state index in [1.807, 2.05) is 43.3 Å². The summed E-state index contributed by atoms with van der Waals surface area (Å²) in [5.74, 6) is 0.608. The van der Waals surface area contributed by atoms with Crippen LogP contribution in [0.25, 0.3) is 0 Å². The lowest BCUT2D eigenvalue weighted by atomic mass is 10.1. The fourth-order valence-electron chi connectivity index (χ4n) is 2.07. The monoisotopic (exact) mass is 248 g/mol. The highest BCUT2D eigenvalue weighted by Crippen LogP contribution is 2.20. The number of benzene rings is 1. The minimum Gasteiger partial charge on any atom is -0.410 e. The Balaban J connectivity index is 1.99. The van der Waals surface area contributed by atoms with Gasteiger partial charge >= 0.3 is 6.09 Å². The summed E-state index contributed by atoms with van der Waals surface area (Å²) < 4.78 is 5.40. The van der Waals surface area contributed by atoms with E-state index in [0.29, 0.717) is 5.75 Å². The Morgan fingerprint density at radius 3 is 2.61 bits per heavy atom. The van der Waals surface area contributed by atoms with Gasteiger partial charge in [-0.3, -0.25) is 0 Å². The van der Waals surface area contributed by atoms with Crippen LogP contribution in [0.5, 0.6) is 5.75 Å². The summed E-state index contributed by atoms with van der Waals surface area (Å²) in [4.78, 5) is 15.7. The zero-order valence-electron chi connectivity index (χ0n) is 11.1. The summed E-state index contributed by atoms with van der Waals surface area (Å²) >= 11 is 0. The molecule has 1 amide bonds. The van der Waals surface area contributed by atoms with E-state index < -0.39 is 0 Å². The number of hydrogen-bond acceptors (Lipinski definition) is 3. The number of carbonyl (C=O) groups excluding carboxylic acids is 1. The molecule has 0 unspecified atom stereocenters. The van der Waals surface area contributed by atoms with Crippen molar-refractivity contribution in [1.82, 2.24) is 4.90 Å². The molecular formula is C14H20N2O2. The first kappa shape index (κ1) is 12.7. The van der Waals surface area contributed by atoms with Crippen molar-refractivity contribution in [3.05, 3.63) is 24.3 Å². The zero-order valence-corrected chi connectivity index (χ0v) is 11.1. The Morgan fingerprint density at radius 2 is 1.94 bits per heavy atom. The van der Waals surface area contributed by atoms with Gasteiger partial charge in [0.05, 0.1) is 0 Å². The summed E-state index contributed by atoms with van der Waals surface area (Å²) in [7, 11) is 3.93. The van der Waals surface area contributed by atoms with Crippen LogP contribution in [0.15, 0.2) is 24.3 Å². The molecule has 0 atom stereocenters. The van der Waals surface area contributed by atoms with Gasteiger partial charge in [-0.2, -0.15) is 0 Å². The first-order valence-corrected chi connectivity index (χ1v) is 6.41. The van der Waals surface area contributed by atoms with Crippen LogP contribution in [-0.4, -0.2) is 38.2 Å². The molecule has 4 heteroatoms. The third-order valence-electron chi connectivity index (χ3n) is 3.15. The number of hydrogen-bond donors (Lipinski definition) is 0. The van der Waals surface area contributed by atoms with Gasteiger partial charge in [-0.15, -0.1) is 0 Å². The van der Waals surface area contributed by atoms with Crippen molar-refractivity contribution in [2.24, 2.45) is 0 Å². The number of likely N-dealkylation sites (tertiary alicyclic amines) is 1. The van der Waals surface area contributed by atoms with Crippen molar-refractivity contribution in [3.63, 3.8) is 0 Å². The van der Waals surface area contributed by atoms with Crippen molar-refractivity contribution in [2.75, 3.05) is 32.1 Å². The van der Waals surface area contributed by atoms with Crippen LogP contribution in [-0.2, 0) is 0 Å². The van der Waals surface area contributed by atoms with Gasteiger partial charge in [0.2, 0.25) is 0 Å². The van der Waals surface area contributed by atoms with Gasteiger partial charge < -0.3 is 14.5 Å². The van der Waals surface area contributed by atoms with Gasteiger partial charge in [0.1, 0.15) is 5.75 Å². The predicted molar refractivity (Wildman–Crippen MR) is 72.2 cm³/mol. The lowest BCUT2D eigenvalue weighted by Crippen LogP contribution is -2.37. The highest BCUT2D eigenvalue weighted by Gasteiger charge is 2.18. The second-order valence-electron chi connectivity index (χ2n) is 4.81. The van der Waals surface area contributed by atoms with Crippen LogP contribution in [0.4, 0.5) is 10.5 Å². The minimum atomic E-state index is -0.231. The highest BCUT2D eigenvalue weighted by atomic mass is 16.6. The van der Waals surface area contributed by atoms with Crippen molar-refractivity contribution >= 4 is 11.8 Å². The van der Waals surface area contributed by atoms with Crippen LogP contribution in [0.1, 0.15) is 19.3 Å². The number of nitrogens with zero attached hydrogens (tertiary/aromatic N) is 2. The maximum absolute atomic E-state index is 11.9. The van der Waals surface area contributed by atoms with Crippen molar-refractivity contribution in [1.29, 1.82) is 0 Å². The van der Waals surface area contributed by atoms with Crippen molar-refractivity contribution < 1.29 is 9.53 Å². The van der Waals surface area contributed by atoms with Crippen LogP contribution >= 0.6 is 0 Å². The first-order chi connectivity index (χ1) is 8.66. The van der Waals surface area contributed by atoms with Crippen molar-refractivity contribution in [3.8, 4) is 5.75 Å². The third kappa shape index (κ3) is 3.15. The fourth-order valence-corrected chi connectivity index (χ4v) is 2.07. The topological polar surface area (TPSA) is 32.8 Å². The largest absolute Gasteiger partial charge is 0.415 e. The lowest BCUT2D eigenvalue weighted by molar-refractivity contribution is 0.142. The molecule has 1 heterocycles. The summed E-state index contributed by atoms with van der Waals surface area (Å²) in [5, 5.41) is 0. The number of amides is 1. The molecule has 18 heavy (non-hydrogen) atoms. The van der Waals surface area contributed by atoms with Crippen LogP contribution < -0.4 is 9.64 Å². The Bertz CT molecular complexity index is 412. The Labute approximate surface area is 108 Å². The van der Waals surface area contributed by atoms with E-state index in [0.717, 1.165) is 31.6 Å². The van der Waals surface area contributed by atoms with Gasteiger partial charge in [-0.1, -0.05) is 6.07 Å². The molecule has 0 N–H and O–H groups in total. The quantitative estimate of drug-likeness (QED) is 0.806. The summed E-state index contributed by atoms with van der Waals surface area (Å²) in [6.07, 6.45) is 3.13. The molecule has 1 fully saturated rings.